The van der Waals surface area contributed by atoms with Gasteiger partial charge in [-0.05, 0) is 18.2 Å². The van der Waals surface area contributed by atoms with E-state index in [9.17, 15) is 0 Å². The first-order chi connectivity index (χ1) is 7.20. The van der Waals surface area contributed by atoms with E-state index in [2.05, 4.69) is 5.16 Å². The number of halogens is 2. The first-order valence-electron chi connectivity index (χ1n) is 4.32. The fourth-order valence-electron chi connectivity index (χ4n) is 1.22. The zero-order valence-corrected chi connectivity index (χ0v) is 9.22. The smallest absolute Gasteiger partial charge is 0.168 e. The molecule has 1 heterocycles. The number of aromatic nitrogens is 1. The first kappa shape index (κ1) is 10.5. The quantitative estimate of drug-likeness (QED) is 0.881. The SMILES string of the molecule is NCc1cc(-c2ccc(Cl)cc2Cl)on1. The highest BCUT2D eigenvalue weighted by Gasteiger charge is 2.09. The van der Waals surface area contributed by atoms with Crippen LogP contribution in [0, 0.1) is 0 Å². The van der Waals surface area contributed by atoms with Crippen molar-refractivity contribution in [1.29, 1.82) is 0 Å². The molecule has 0 saturated heterocycles. The van der Waals surface area contributed by atoms with Crippen LogP contribution < -0.4 is 5.73 Å². The molecule has 0 aliphatic rings. The molecule has 2 aromatic rings. The van der Waals surface area contributed by atoms with Crippen LogP contribution in [0.2, 0.25) is 10.0 Å². The molecular formula is C10H8Cl2N2O. The third kappa shape index (κ3) is 2.15. The summed E-state index contributed by atoms with van der Waals surface area (Å²) in [6, 6.07) is 6.94. The van der Waals surface area contributed by atoms with Gasteiger partial charge in [0.1, 0.15) is 0 Å². The van der Waals surface area contributed by atoms with Crippen molar-refractivity contribution in [3.8, 4) is 11.3 Å². The Balaban J connectivity index is 2.44. The minimum absolute atomic E-state index is 0.342. The lowest BCUT2D eigenvalue weighted by atomic mass is 10.1. The van der Waals surface area contributed by atoms with E-state index in [0.717, 1.165) is 5.56 Å². The van der Waals surface area contributed by atoms with Gasteiger partial charge in [-0.15, -0.1) is 0 Å². The lowest BCUT2D eigenvalue weighted by Gasteiger charge is -1.99. The predicted octanol–water partition coefficient (Wildman–Crippen LogP) is 3.11. The van der Waals surface area contributed by atoms with Crippen molar-refractivity contribution in [2.24, 2.45) is 5.73 Å². The summed E-state index contributed by atoms with van der Waals surface area (Å²) >= 11 is 11.8. The van der Waals surface area contributed by atoms with Crippen molar-refractivity contribution in [2.75, 3.05) is 0 Å². The van der Waals surface area contributed by atoms with Crippen LogP contribution in [0.15, 0.2) is 28.8 Å². The van der Waals surface area contributed by atoms with E-state index in [1.165, 1.54) is 0 Å². The summed E-state index contributed by atoms with van der Waals surface area (Å²) in [5.74, 6) is 0.595. The molecule has 0 amide bonds. The van der Waals surface area contributed by atoms with Gasteiger partial charge in [0.25, 0.3) is 0 Å². The van der Waals surface area contributed by atoms with Gasteiger partial charge in [0.2, 0.25) is 0 Å². The van der Waals surface area contributed by atoms with Gasteiger partial charge in [-0.25, -0.2) is 0 Å². The van der Waals surface area contributed by atoms with Gasteiger partial charge in [-0.3, -0.25) is 0 Å². The lowest BCUT2D eigenvalue weighted by Crippen LogP contribution is -1.94. The van der Waals surface area contributed by atoms with E-state index in [1.807, 2.05) is 0 Å². The Hall–Kier alpha value is -1.03. The second kappa shape index (κ2) is 4.23. The second-order valence-corrected chi connectivity index (χ2v) is 3.85. The molecule has 0 saturated carbocycles. The summed E-state index contributed by atoms with van der Waals surface area (Å²) in [5, 5.41) is 4.90. The molecule has 0 spiro atoms. The van der Waals surface area contributed by atoms with Crippen molar-refractivity contribution >= 4 is 23.2 Å². The molecular weight excluding hydrogens is 235 g/mol. The minimum atomic E-state index is 0.342. The molecule has 2 rings (SSSR count). The van der Waals surface area contributed by atoms with E-state index in [0.29, 0.717) is 28.0 Å². The number of nitrogens with two attached hydrogens (primary N) is 1. The van der Waals surface area contributed by atoms with Crippen LogP contribution in [0.3, 0.4) is 0 Å². The molecule has 0 aliphatic heterocycles. The molecule has 3 nitrogen and oxygen atoms in total. The van der Waals surface area contributed by atoms with E-state index in [4.69, 9.17) is 33.5 Å². The van der Waals surface area contributed by atoms with Gasteiger partial charge >= 0.3 is 0 Å². The van der Waals surface area contributed by atoms with Gasteiger partial charge in [-0.1, -0.05) is 28.4 Å². The van der Waals surface area contributed by atoms with Crippen LogP contribution >= 0.6 is 23.2 Å². The fraction of sp³-hybridized carbons (Fsp3) is 0.100. The molecule has 0 fully saturated rings. The topological polar surface area (TPSA) is 52.0 Å². The van der Waals surface area contributed by atoms with E-state index in [1.54, 1.807) is 24.3 Å². The van der Waals surface area contributed by atoms with Crippen molar-refractivity contribution in [3.05, 3.63) is 40.0 Å². The summed E-state index contributed by atoms with van der Waals surface area (Å²) < 4.78 is 5.10. The predicted molar refractivity (Wildman–Crippen MR) is 59.9 cm³/mol. The van der Waals surface area contributed by atoms with Crippen LogP contribution in [0.1, 0.15) is 5.69 Å². The van der Waals surface area contributed by atoms with Crippen molar-refractivity contribution < 1.29 is 4.52 Å². The minimum Gasteiger partial charge on any atom is -0.356 e. The van der Waals surface area contributed by atoms with Gasteiger partial charge in [-0.2, -0.15) is 0 Å². The van der Waals surface area contributed by atoms with E-state index < -0.39 is 0 Å². The molecule has 0 radical (unpaired) electrons. The van der Waals surface area contributed by atoms with Crippen LogP contribution in [-0.2, 0) is 6.54 Å². The molecule has 1 aromatic carbocycles. The molecule has 0 unspecified atom stereocenters. The van der Waals surface area contributed by atoms with Crippen LogP contribution in [0.5, 0.6) is 0 Å². The molecule has 15 heavy (non-hydrogen) atoms. The van der Waals surface area contributed by atoms with Crippen LogP contribution in [0.4, 0.5) is 0 Å². The van der Waals surface area contributed by atoms with E-state index in [-0.39, 0.29) is 0 Å². The molecule has 0 aliphatic carbocycles. The average Bonchev–Trinajstić information content (AvgIpc) is 2.66. The Bertz CT molecular complexity index is 482. The standard InChI is InChI=1S/C10H8Cl2N2O/c11-6-1-2-8(9(12)3-6)10-4-7(5-13)14-15-10/h1-4H,5,13H2. The maximum absolute atomic E-state index is 6.01. The third-order valence-corrected chi connectivity index (χ3v) is 2.51. The Morgan fingerprint density at radius 1 is 1.27 bits per heavy atom. The van der Waals surface area contributed by atoms with Crippen molar-refractivity contribution in [1.82, 2.24) is 5.16 Å². The average molecular weight is 243 g/mol. The van der Waals surface area contributed by atoms with E-state index >= 15 is 0 Å². The maximum Gasteiger partial charge on any atom is 0.168 e. The summed E-state index contributed by atoms with van der Waals surface area (Å²) in [6.45, 7) is 0.342. The van der Waals surface area contributed by atoms with Crippen molar-refractivity contribution in [2.45, 2.75) is 6.54 Å². The van der Waals surface area contributed by atoms with Gasteiger partial charge in [0.05, 0.1) is 10.7 Å². The van der Waals surface area contributed by atoms with Gasteiger partial charge in [0, 0.05) is 23.2 Å². The largest absolute Gasteiger partial charge is 0.356 e. The zero-order valence-electron chi connectivity index (χ0n) is 7.71. The third-order valence-electron chi connectivity index (χ3n) is 1.96. The Morgan fingerprint density at radius 2 is 2.07 bits per heavy atom. The van der Waals surface area contributed by atoms with Crippen LogP contribution in [0.25, 0.3) is 11.3 Å². The Labute approximate surface area is 96.8 Å². The summed E-state index contributed by atoms with van der Waals surface area (Å²) in [7, 11) is 0. The number of nitrogens with zero attached hydrogens (tertiary/aromatic N) is 1. The number of hydrogen-bond acceptors (Lipinski definition) is 3. The summed E-state index contributed by atoms with van der Waals surface area (Å²) in [5.41, 5.74) is 6.88. The van der Waals surface area contributed by atoms with Gasteiger partial charge < -0.3 is 10.3 Å². The molecule has 0 atom stereocenters. The Kier molecular flexibility index (Phi) is 2.95. The molecule has 5 heteroatoms. The lowest BCUT2D eigenvalue weighted by molar-refractivity contribution is 0.424. The monoisotopic (exact) mass is 242 g/mol. The molecule has 1 aromatic heterocycles. The normalized spacial score (nSPS) is 10.6. The zero-order chi connectivity index (χ0) is 10.8. The number of benzene rings is 1. The van der Waals surface area contributed by atoms with Gasteiger partial charge in [0.15, 0.2) is 5.76 Å². The molecule has 2 N–H and O–H groups in total. The highest BCUT2D eigenvalue weighted by Crippen LogP contribution is 2.30. The number of rotatable bonds is 2. The van der Waals surface area contributed by atoms with Crippen LogP contribution in [-0.4, -0.2) is 5.16 Å². The highest BCUT2D eigenvalue weighted by atomic mass is 35.5. The van der Waals surface area contributed by atoms with Crippen molar-refractivity contribution in [3.63, 3.8) is 0 Å². The Morgan fingerprint density at radius 3 is 2.67 bits per heavy atom. The summed E-state index contributed by atoms with van der Waals surface area (Å²) in [6.07, 6.45) is 0. The summed E-state index contributed by atoms with van der Waals surface area (Å²) in [4.78, 5) is 0. The molecule has 78 valence electrons. The maximum atomic E-state index is 6.01. The fourth-order valence-corrected chi connectivity index (χ4v) is 1.73. The first-order valence-corrected chi connectivity index (χ1v) is 5.07. The molecule has 0 bridgehead atoms. The second-order valence-electron chi connectivity index (χ2n) is 3.01. The number of hydrogen-bond donors (Lipinski definition) is 1. The highest BCUT2D eigenvalue weighted by molar-refractivity contribution is 6.36.